The summed E-state index contributed by atoms with van der Waals surface area (Å²) in [6.45, 7) is 42.9. The highest BCUT2D eigenvalue weighted by Gasteiger charge is 2.72. The topological polar surface area (TPSA) is 244 Å². The zero-order chi connectivity index (χ0) is 99.2. The number of fused-ring (bicyclic) bond motifs is 16. The first-order valence-electron chi connectivity index (χ1n) is 54.1. The Morgan fingerprint density at radius 3 is 1.28 bits per heavy atom. The predicted octanol–water partition coefficient (Wildman–Crippen LogP) is 23.6. The van der Waals surface area contributed by atoms with Gasteiger partial charge in [-0.25, -0.2) is 9.59 Å². The second-order valence-corrected chi connectivity index (χ2v) is 50.4. The van der Waals surface area contributed by atoms with Gasteiger partial charge in [-0.15, -0.1) is 0 Å². The highest BCUT2D eigenvalue weighted by molar-refractivity contribution is 6.76. The monoisotopic (exact) mass is 2010 g/mol. The van der Waals surface area contributed by atoms with Crippen molar-refractivity contribution in [3.05, 3.63) is 166 Å². The third-order valence-corrected chi connectivity index (χ3v) is 40.6. The van der Waals surface area contributed by atoms with Gasteiger partial charge in [-0.3, -0.25) is 5.41 Å². The zero-order valence-corrected chi connectivity index (χ0v) is 88.6. The van der Waals surface area contributed by atoms with Crippen molar-refractivity contribution in [3.8, 4) is 0 Å². The number of rotatable bonds is 13. The van der Waals surface area contributed by atoms with Gasteiger partial charge in [0.05, 0.1) is 86.4 Å². The number of aryl methyl sites for hydroxylation is 2. The second-order valence-electron chi connectivity index (χ2n) is 48.1. The van der Waals surface area contributed by atoms with Gasteiger partial charge < -0.3 is 90.4 Å². The van der Waals surface area contributed by atoms with E-state index in [9.17, 15) is 14.7 Å². The van der Waals surface area contributed by atoms with Crippen molar-refractivity contribution in [3.63, 3.8) is 0 Å². The van der Waals surface area contributed by atoms with E-state index in [0.29, 0.717) is 95.2 Å². The van der Waals surface area contributed by atoms with Crippen molar-refractivity contribution >= 4 is 52.6 Å². The van der Waals surface area contributed by atoms with E-state index in [1.54, 1.807) is 53.6 Å². The maximum atomic E-state index is 13.6. The lowest BCUT2D eigenvalue weighted by Crippen LogP contribution is -2.62. The third kappa shape index (κ3) is 19.4. The molecule has 6 saturated carbocycles. The van der Waals surface area contributed by atoms with Crippen LogP contribution in [0.3, 0.4) is 0 Å². The van der Waals surface area contributed by atoms with Gasteiger partial charge in [0.2, 0.25) is 12.2 Å². The molecule has 4 aromatic carbocycles. The number of nitrogens with one attached hydrogen (secondary N) is 1. The first-order valence-corrected chi connectivity index (χ1v) is 55.2. The summed E-state index contributed by atoms with van der Waals surface area (Å²) in [5.74, 6) is 5.14. The second kappa shape index (κ2) is 40.7. The lowest BCUT2D eigenvalue weighted by atomic mass is 9.47. The van der Waals surface area contributed by atoms with Crippen LogP contribution in [0.1, 0.15) is 282 Å². The molecule has 0 amide bonds. The smallest absolute Gasteiger partial charge is 0.338 e. The first-order chi connectivity index (χ1) is 67.2. The van der Waals surface area contributed by atoms with Gasteiger partial charge in [0.15, 0.2) is 55.2 Å². The van der Waals surface area contributed by atoms with Crippen LogP contribution in [0.25, 0.3) is 0 Å². The van der Waals surface area contributed by atoms with Crippen LogP contribution < -0.4 is 0 Å². The molecule has 22 nitrogen and oxygen atoms in total. The number of benzene rings is 4. The molecule has 22 rings (SSSR count). The van der Waals surface area contributed by atoms with Gasteiger partial charge in [0.1, 0.15) is 24.4 Å². The molecular formula is C116H158Cl3NO21. The Hall–Kier alpha value is -5.00. The van der Waals surface area contributed by atoms with Gasteiger partial charge in [-0.2, -0.15) is 0 Å². The molecule has 10 heterocycles. The van der Waals surface area contributed by atoms with Gasteiger partial charge in [0, 0.05) is 59.5 Å². The fourth-order valence-corrected chi connectivity index (χ4v) is 31.0. The van der Waals surface area contributed by atoms with Crippen LogP contribution in [0.4, 0.5) is 0 Å². The molecule has 2 N–H and O–H groups in total. The normalized spacial score (nSPS) is 47.2. The number of hydrogen-bond donors (Lipinski definition) is 2. The zero-order valence-electron chi connectivity index (χ0n) is 86.3. The van der Waals surface area contributed by atoms with E-state index >= 15 is 0 Å². The van der Waals surface area contributed by atoms with Crippen LogP contribution >= 0.6 is 34.8 Å². The van der Waals surface area contributed by atoms with Crippen molar-refractivity contribution in [2.75, 3.05) is 26.4 Å². The minimum Gasteiger partial charge on any atom is -0.453 e. The number of esters is 2. The number of halogens is 3. The maximum absolute atomic E-state index is 13.6. The summed E-state index contributed by atoms with van der Waals surface area (Å²) in [4.78, 5) is 26.1. The van der Waals surface area contributed by atoms with Crippen molar-refractivity contribution in [1.82, 2.24) is 0 Å². The van der Waals surface area contributed by atoms with Crippen molar-refractivity contribution < 1.29 is 100.0 Å². The number of hydrogen-bond acceptors (Lipinski definition) is 22. The lowest BCUT2D eigenvalue weighted by molar-refractivity contribution is -0.385. The fourth-order valence-electron chi connectivity index (χ4n) is 30.9. The van der Waals surface area contributed by atoms with E-state index in [2.05, 4.69) is 165 Å². The quantitative estimate of drug-likeness (QED) is 0.0415. The van der Waals surface area contributed by atoms with E-state index in [0.717, 1.165) is 99.9 Å². The van der Waals surface area contributed by atoms with Gasteiger partial charge in [-0.05, 0) is 247 Å². The molecule has 0 aromatic heterocycles. The highest BCUT2D eigenvalue weighted by atomic mass is 35.6. The molecule has 10 aliphatic heterocycles. The van der Waals surface area contributed by atoms with Gasteiger partial charge in [0.25, 0.3) is 3.79 Å². The molecule has 16 fully saturated rings. The maximum Gasteiger partial charge on any atom is 0.338 e. The number of allylic oxidation sites excluding steroid dienone is 2. The van der Waals surface area contributed by atoms with Crippen molar-refractivity contribution in [2.24, 2.45) is 128 Å². The predicted molar refractivity (Wildman–Crippen MR) is 535 cm³/mol. The summed E-state index contributed by atoms with van der Waals surface area (Å²) in [7, 11) is 0. The summed E-state index contributed by atoms with van der Waals surface area (Å²) in [5.41, 5.74) is 9.39. The molecule has 0 radical (unpaired) electrons. The van der Waals surface area contributed by atoms with Gasteiger partial charge in [-0.1, -0.05) is 251 Å². The van der Waals surface area contributed by atoms with Crippen LogP contribution in [-0.2, 0) is 85.3 Å². The fraction of sp³-hybridized carbons (Fsp3) is 0.733. The molecule has 4 aromatic rings. The number of alkyl halides is 3. The standard InChI is InChI=1S/C57H78O10.C42H60O7.C17H20Cl3NO4/c1-31-15-17-39(18-16-31)52-59-30-46-48(65-52)35(5)50(66-53-49(34(4)33(3)37(7)61-53)64-51(58)38-13-11-10-12-14-38)54(63-46)62-41-22-24-55(8)40(27-41)19-20-42-43(55)23-25-56(9)44(42)28-45-47(56)36(6)57(67-45)26-21-32(2)29-60-57;1-23-7-9-27(10-8-23)38-44-22-34-37(48-38)25(3)36(43)39(47-34)46-29-14-16-40(5)28(19-29)11-12-30-31(40)15-17-41(6)32(30)20-33-35(41)26(4)42(49-33)18-13-24(2)21-45-42;1-9-10(2)13(24-14(22)12-7-5-4-6-8-12)15(23-11(9)3)25-16(21)17(18,19)20/h10-19,32-37,41-50,52-54H,20-30H2,1-9H3;7-11,24-26,29-39,43H,12-22H2,1-6H3;4-11,13,15,21H,1-3H3/t32-,33?,34?,35+,36+,37?,41+,42-,43+,44+,45+,46?,47+,48+,49?,50?,52?,53?,54-,55+,56+,57-;24-,25-,26+,29+,30-,31+,32+,33+,34?,35+,36?,37+,38?,39-,40+,41+,42-;9-,10+,11?,13?,15+/m111/s1. The summed E-state index contributed by atoms with van der Waals surface area (Å²) in [6, 6.07) is 34.3. The molecule has 13 unspecified atom stereocenters. The van der Waals surface area contributed by atoms with Gasteiger partial charge >= 0.3 is 11.9 Å². The van der Waals surface area contributed by atoms with Crippen LogP contribution in [0.2, 0.25) is 0 Å². The van der Waals surface area contributed by atoms with E-state index in [4.69, 9.17) is 125 Å². The Balaban J connectivity index is 0.000000144. The summed E-state index contributed by atoms with van der Waals surface area (Å²) < 4.78 is 115. The minimum absolute atomic E-state index is 0.0273. The Labute approximate surface area is 851 Å². The minimum atomic E-state index is -2.02. The van der Waals surface area contributed by atoms with E-state index in [1.165, 1.54) is 68.9 Å². The highest BCUT2D eigenvalue weighted by Crippen LogP contribution is 2.74. The number of aliphatic hydroxyl groups is 1. The average Bonchev–Trinajstić information content (AvgIpc) is 1.53. The molecule has 10 saturated heterocycles. The largest absolute Gasteiger partial charge is 0.453 e. The van der Waals surface area contributed by atoms with E-state index in [-0.39, 0.29) is 112 Å². The molecule has 18 aliphatic rings. The number of carbonyl (C=O) groups excluding carboxylic acids is 2. The molecule has 8 aliphatic carbocycles. The number of carbonyl (C=O) groups is 2. The van der Waals surface area contributed by atoms with Crippen molar-refractivity contribution in [2.45, 2.75) is 379 Å². The van der Waals surface area contributed by atoms with Crippen LogP contribution in [0.15, 0.2) is 132 Å². The average molecular weight is 2010 g/mol. The Morgan fingerprint density at radius 2 is 0.844 bits per heavy atom. The van der Waals surface area contributed by atoms with Crippen LogP contribution in [0.5, 0.6) is 0 Å². The van der Waals surface area contributed by atoms with Crippen molar-refractivity contribution in [1.29, 1.82) is 5.41 Å². The third-order valence-electron chi connectivity index (χ3n) is 40.1. The van der Waals surface area contributed by atoms with Crippen LogP contribution in [-0.4, -0.2) is 175 Å². The molecule has 44 atom stereocenters. The molecule has 2 spiro atoms. The summed E-state index contributed by atoms with van der Waals surface area (Å²) in [5, 5.41) is 19.2. The Morgan fingerprint density at radius 1 is 0.426 bits per heavy atom. The van der Waals surface area contributed by atoms with Crippen LogP contribution in [0, 0.1) is 147 Å². The Bertz CT molecular complexity index is 5090. The van der Waals surface area contributed by atoms with E-state index < -0.39 is 83.8 Å². The number of aliphatic hydroxyl groups excluding tert-OH is 1. The Kier molecular flexibility index (Phi) is 29.8. The molecule has 141 heavy (non-hydrogen) atoms. The summed E-state index contributed by atoms with van der Waals surface area (Å²) >= 11 is 17.0. The number of ether oxygens (including phenoxy) is 18. The SMILES string of the molecule is CC1O[C@@H](OC(=N)C(Cl)(Cl)Cl)C(OC(=O)c2ccccc2)[C@@H](C)[C@H]1C.Cc1ccc(C2OCC3O[C@@H](O[C@H]4CC[C@@]5(C)C(=CC[C@H]6[C@@H]7C[C@@H]8O[C@]9(CC[C@@H](C)CO9)[C@@H](C)[C@@H]8[C@@]7(C)CC[C@@H]65)C4)C(O)[C@@H](C)[C@@H]3O2)cc1.Cc1ccc(C2OCC3O[C@@H](O[C@H]4CC[C@@]5(C)C(=CC[C@H]6[C@@H]7C[C@@H]8O[C@]9(CC[C@@H](C)CO9)[C@@H](C)[C@@H]8[C@@]7(C)CC[C@@H]65)C4)C(OC4OC(C)C(C)C(C)C4OC(=O)c4ccccc4)[C@@H](C)[C@@H]3O2)cc1. The summed E-state index contributed by atoms with van der Waals surface area (Å²) in [6.07, 6.45) is 17.8. The first kappa shape index (κ1) is 103. The molecule has 0 bridgehead atoms. The molecule has 25 heteroatoms. The molecular weight excluding hydrogens is 1850 g/mol. The van der Waals surface area contributed by atoms with E-state index in [1.807, 2.05) is 39.0 Å². The lowest BCUT2D eigenvalue weighted by Gasteiger charge is -2.59. The molecule has 774 valence electrons.